The van der Waals surface area contributed by atoms with E-state index in [1.54, 1.807) is 24.3 Å². The fourth-order valence-corrected chi connectivity index (χ4v) is 4.56. The molecule has 2 heterocycles. The van der Waals surface area contributed by atoms with E-state index in [2.05, 4.69) is 15.3 Å². The number of phenols is 1. The molecular weight excluding hydrogens is 330 g/mol. The zero-order chi connectivity index (χ0) is 17.2. The Labute approximate surface area is 139 Å². The Bertz CT molecular complexity index is 850. The van der Waals surface area contributed by atoms with Crippen LogP contribution >= 0.6 is 0 Å². The molecule has 3 rings (SSSR count). The quantitative estimate of drug-likeness (QED) is 0.870. The number of aromatic nitrogens is 2. The second kappa shape index (κ2) is 6.56. The summed E-state index contributed by atoms with van der Waals surface area (Å²) in [6.45, 7) is 0. The van der Waals surface area contributed by atoms with Gasteiger partial charge in [0.1, 0.15) is 5.75 Å². The minimum Gasteiger partial charge on any atom is -0.508 e. The van der Waals surface area contributed by atoms with Gasteiger partial charge in [0, 0.05) is 12.0 Å². The molecule has 0 spiro atoms. The molecule has 0 bridgehead atoms. The van der Waals surface area contributed by atoms with Gasteiger partial charge in [-0.15, -0.1) is 0 Å². The molecule has 1 aliphatic rings. The molecule has 7 nitrogen and oxygen atoms in total. The lowest BCUT2D eigenvalue weighted by molar-refractivity contribution is -0.116. The van der Waals surface area contributed by atoms with Crippen LogP contribution in [0.4, 0.5) is 5.69 Å². The van der Waals surface area contributed by atoms with Crippen molar-refractivity contribution < 1.29 is 18.3 Å². The van der Waals surface area contributed by atoms with Crippen molar-refractivity contribution >= 4 is 21.4 Å². The van der Waals surface area contributed by atoms with Gasteiger partial charge < -0.3 is 10.4 Å². The summed E-state index contributed by atoms with van der Waals surface area (Å²) in [4.78, 5) is 20.3. The van der Waals surface area contributed by atoms with E-state index in [1.807, 2.05) is 0 Å². The van der Waals surface area contributed by atoms with E-state index in [4.69, 9.17) is 0 Å². The van der Waals surface area contributed by atoms with E-state index in [-0.39, 0.29) is 35.5 Å². The van der Waals surface area contributed by atoms with Crippen LogP contribution in [-0.4, -0.2) is 40.9 Å². The van der Waals surface area contributed by atoms with Crippen molar-refractivity contribution in [1.29, 1.82) is 0 Å². The summed E-state index contributed by atoms with van der Waals surface area (Å²) in [6, 6.07) is 6.57. The molecule has 1 saturated heterocycles. The molecule has 1 aliphatic heterocycles. The van der Waals surface area contributed by atoms with Crippen LogP contribution in [0.5, 0.6) is 5.75 Å². The lowest BCUT2D eigenvalue weighted by Gasteiger charge is -2.08. The van der Waals surface area contributed by atoms with Gasteiger partial charge in [0.05, 0.1) is 29.6 Å². The van der Waals surface area contributed by atoms with Crippen molar-refractivity contribution in [2.45, 2.75) is 12.8 Å². The summed E-state index contributed by atoms with van der Waals surface area (Å²) in [6.07, 6.45) is 3.67. The molecule has 8 heteroatoms. The van der Waals surface area contributed by atoms with E-state index in [1.165, 1.54) is 12.4 Å². The number of carbonyl (C=O) groups excluding carboxylic acids is 1. The highest BCUT2D eigenvalue weighted by Crippen LogP contribution is 2.23. The van der Waals surface area contributed by atoms with Crippen LogP contribution in [0.1, 0.15) is 12.8 Å². The van der Waals surface area contributed by atoms with Crippen molar-refractivity contribution in [2.24, 2.45) is 5.92 Å². The number of benzene rings is 1. The normalized spacial score (nSPS) is 19.1. The molecular formula is C16H17N3O4S. The fraction of sp³-hybridized carbons (Fsp3) is 0.312. The predicted octanol–water partition coefficient (Wildman–Crippen LogP) is 1.61. The van der Waals surface area contributed by atoms with Gasteiger partial charge in [0.15, 0.2) is 15.7 Å². The number of anilines is 1. The van der Waals surface area contributed by atoms with Gasteiger partial charge >= 0.3 is 0 Å². The Morgan fingerprint density at radius 3 is 2.67 bits per heavy atom. The van der Waals surface area contributed by atoms with Crippen molar-refractivity contribution in [2.75, 3.05) is 16.8 Å². The molecule has 1 fully saturated rings. The first-order chi connectivity index (χ1) is 11.4. The number of rotatable bonds is 4. The number of hydrogen-bond acceptors (Lipinski definition) is 6. The summed E-state index contributed by atoms with van der Waals surface area (Å²) in [5.41, 5.74) is 1.12. The molecule has 0 radical (unpaired) electrons. The predicted molar refractivity (Wildman–Crippen MR) is 89.1 cm³/mol. The smallest absolute Gasteiger partial charge is 0.224 e. The minimum absolute atomic E-state index is 0.0767. The molecule has 1 amide bonds. The van der Waals surface area contributed by atoms with Crippen molar-refractivity contribution in [3.8, 4) is 17.1 Å². The lowest BCUT2D eigenvalue weighted by atomic mass is 10.1. The minimum atomic E-state index is -2.98. The number of hydrogen-bond donors (Lipinski definition) is 2. The van der Waals surface area contributed by atoms with Crippen LogP contribution in [0.15, 0.2) is 36.7 Å². The average Bonchev–Trinajstić information content (AvgIpc) is 2.86. The molecule has 0 aliphatic carbocycles. The first kappa shape index (κ1) is 16.4. The van der Waals surface area contributed by atoms with Gasteiger partial charge in [-0.2, -0.15) is 0 Å². The summed E-state index contributed by atoms with van der Waals surface area (Å²) in [7, 11) is -2.98. The van der Waals surface area contributed by atoms with Gasteiger partial charge in [-0.25, -0.2) is 18.4 Å². The number of nitrogens with zero attached hydrogens (tertiary/aromatic N) is 2. The van der Waals surface area contributed by atoms with Crippen LogP contribution in [0.25, 0.3) is 11.4 Å². The molecule has 0 unspecified atom stereocenters. The number of aromatic hydroxyl groups is 1. The van der Waals surface area contributed by atoms with Crippen LogP contribution in [-0.2, 0) is 14.6 Å². The van der Waals surface area contributed by atoms with Crippen LogP contribution < -0.4 is 5.32 Å². The third kappa shape index (κ3) is 4.08. The zero-order valence-corrected chi connectivity index (χ0v) is 13.7. The first-order valence-corrected chi connectivity index (χ1v) is 9.35. The first-order valence-electron chi connectivity index (χ1n) is 7.53. The van der Waals surface area contributed by atoms with Gasteiger partial charge in [0.2, 0.25) is 5.91 Å². The summed E-state index contributed by atoms with van der Waals surface area (Å²) >= 11 is 0. The summed E-state index contributed by atoms with van der Waals surface area (Å²) < 4.78 is 22.8. The Morgan fingerprint density at radius 2 is 2.04 bits per heavy atom. The van der Waals surface area contributed by atoms with Crippen LogP contribution in [0.2, 0.25) is 0 Å². The largest absolute Gasteiger partial charge is 0.508 e. The topological polar surface area (TPSA) is 109 Å². The van der Waals surface area contributed by atoms with Gasteiger partial charge in [-0.3, -0.25) is 4.79 Å². The summed E-state index contributed by atoms with van der Waals surface area (Å²) in [5, 5.41) is 12.1. The third-order valence-electron chi connectivity index (χ3n) is 3.84. The van der Waals surface area contributed by atoms with Crippen molar-refractivity contribution in [3.05, 3.63) is 36.7 Å². The SMILES string of the molecule is O=C(C[C@@H]1CCS(=O)(=O)C1)Nc1cnc(-c2cccc(O)c2)nc1. The number of sulfone groups is 1. The third-order valence-corrected chi connectivity index (χ3v) is 5.68. The Morgan fingerprint density at radius 1 is 1.29 bits per heavy atom. The maximum Gasteiger partial charge on any atom is 0.224 e. The van der Waals surface area contributed by atoms with E-state index in [0.717, 1.165) is 0 Å². The van der Waals surface area contributed by atoms with Crippen LogP contribution in [0.3, 0.4) is 0 Å². The van der Waals surface area contributed by atoms with Gasteiger partial charge in [-0.05, 0) is 24.5 Å². The maximum atomic E-state index is 12.0. The van der Waals surface area contributed by atoms with Gasteiger partial charge in [-0.1, -0.05) is 12.1 Å². The Kier molecular flexibility index (Phi) is 4.48. The Hall–Kier alpha value is -2.48. The molecule has 24 heavy (non-hydrogen) atoms. The number of amides is 1. The zero-order valence-electron chi connectivity index (χ0n) is 12.8. The van der Waals surface area contributed by atoms with Crippen LogP contribution in [0, 0.1) is 5.92 Å². The highest BCUT2D eigenvalue weighted by atomic mass is 32.2. The van der Waals surface area contributed by atoms with Crippen molar-refractivity contribution in [3.63, 3.8) is 0 Å². The standard InChI is InChI=1S/C16H17N3O4S/c20-14-3-1-2-12(7-14)16-17-8-13(9-18-16)19-15(21)6-11-4-5-24(22,23)10-11/h1-3,7-9,11,20H,4-6,10H2,(H,19,21)/t11-/m0/s1. The van der Waals surface area contributed by atoms with E-state index >= 15 is 0 Å². The monoisotopic (exact) mass is 347 g/mol. The maximum absolute atomic E-state index is 12.0. The second-order valence-corrected chi connectivity index (χ2v) is 8.10. The molecule has 1 atom stereocenters. The molecule has 1 aromatic heterocycles. The number of carbonyl (C=O) groups is 1. The van der Waals surface area contributed by atoms with E-state index < -0.39 is 9.84 Å². The van der Waals surface area contributed by atoms with E-state index in [0.29, 0.717) is 23.5 Å². The molecule has 126 valence electrons. The average molecular weight is 347 g/mol. The molecule has 0 saturated carbocycles. The number of nitrogens with one attached hydrogen (secondary N) is 1. The number of phenolic OH excluding ortho intramolecular Hbond substituents is 1. The Balaban J connectivity index is 1.61. The molecule has 2 aromatic rings. The highest BCUT2D eigenvalue weighted by Gasteiger charge is 2.29. The summed E-state index contributed by atoms with van der Waals surface area (Å²) in [5.74, 6) is 0.430. The second-order valence-electron chi connectivity index (χ2n) is 5.87. The highest BCUT2D eigenvalue weighted by molar-refractivity contribution is 7.91. The molecule has 1 aromatic carbocycles. The van der Waals surface area contributed by atoms with Crippen molar-refractivity contribution in [1.82, 2.24) is 9.97 Å². The fourth-order valence-electron chi connectivity index (χ4n) is 2.69. The van der Waals surface area contributed by atoms with E-state index in [9.17, 15) is 18.3 Å². The lowest BCUT2D eigenvalue weighted by Crippen LogP contribution is -2.17. The molecule has 2 N–H and O–H groups in total. The van der Waals surface area contributed by atoms with Gasteiger partial charge in [0.25, 0.3) is 0 Å².